The van der Waals surface area contributed by atoms with Gasteiger partial charge in [-0.2, -0.15) is 0 Å². The van der Waals surface area contributed by atoms with Crippen molar-refractivity contribution < 1.29 is 19.1 Å². The van der Waals surface area contributed by atoms with Crippen molar-refractivity contribution in [1.82, 2.24) is 20.6 Å². The number of hydrogen-bond donors (Lipinski definition) is 2. The maximum atomic E-state index is 12.4. The lowest BCUT2D eigenvalue weighted by molar-refractivity contribution is -0.0552. The standard InChI is InChI=1S/C21H27N3O2.C17H25NO2/c1-19(2,3)26-18(25)24-21-11-15-8-16(12-21)10-20(9-15,14-21)5-4-17-13-22-6-7-23-17;1-5-16-7-12-6-13(8-16)10-17(9-12,11-16)18-14(19)20-15(2,3)4/h6-7,13,15-16H,8-12,14H2,1-3H3,(H,24,25);1,12-13H,6-11H2,2-4H3,(H,18,19). The fourth-order valence-electron chi connectivity index (χ4n) is 10.7. The summed E-state index contributed by atoms with van der Waals surface area (Å²) in [6.07, 6.45) is 23.5. The Labute approximate surface area is 275 Å². The fourth-order valence-corrected chi connectivity index (χ4v) is 10.7. The summed E-state index contributed by atoms with van der Waals surface area (Å²) >= 11 is 0. The zero-order valence-electron chi connectivity index (χ0n) is 28.6. The van der Waals surface area contributed by atoms with E-state index in [-0.39, 0.29) is 34.1 Å². The molecule has 8 aliphatic carbocycles. The molecule has 4 atom stereocenters. The molecule has 8 nitrogen and oxygen atoms in total. The molecule has 9 rings (SSSR count). The average molecular weight is 629 g/mol. The van der Waals surface area contributed by atoms with Crippen molar-refractivity contribution in [2.75, 3.05) is 0 Å². The van der Waals surface area contributed by atoms with Crippen LogP contribution < -0.4 is 10.6 Å². The highest BCUT2D eigenvalue weighted by Gasteiger charge is 2.59. The van der Waals surface area contributed by atoms with Gasteiger partial charge in [0.1, 0.15) is 16.9 Å². The molecule has 0 aliphatic heterocycles. The molecule has 0 spiro atoms. The fraction of sp³-hybridized carbons (Fsp3) is 0.737. The number of rotatable bonds is 2. The van der Waals surface area contributed by atoms with E-state index >= 15 is 0 Å². The Balaban J connectivity index is 0.000000167. The quantitative estimate of drug-likeness (QED) is 0.337. The van der Waals surface area contributed by atoms with E-state index < -0.39 is 11.2 Å². The van der Waals surface area contributed by atoms with Crippen LogP contribution in [0, 0.1) is 58.7 Å². The van der Waals surface area contributed by atoms with Crippen LogP contribution in [0.3, 0.4) is 0 Å². The summed E-state index contributed by atoms with van der Waals surface area (Å²) in [5.74, 6) is 12.5. The van der Waals surface area contributed by atoms with Crippen molar-refractivity contribution >= 4 is 12.2 Å². The first-order chi connectivity index (χ1) is 21.5. The van der Waals surface area contributed by atoms with Gasteiger partial charge >= 0.3 is 12.2 Å². The van der Waals surface area contributed by atoms with Gasteiger partial charge in [0, 0.05) is 34.3 Å². The van der Waals surface area contributed by atoms with Gasteiger partial charge in [0.2, 0.25) is 0 Å². The Bertz CT molecular complexity index is 1410. The Morgan fingerprint density at radius 1 is 0.761 bits per heavy atom. The topological polar surface area (TPSA) is 102 Å². The number of terminal acetylenes is 1. The monoisotopic (exact) mass is 628 g/mol. The van der Waals surface area contributed by atoms with Crippen LogP contribution in [-0.2, 0) is 9.47 Å². The van der Waals surface area contributed by atoms with Crippen molar-refractivity contribution in [3.8, 4) is 24.2 Å². The van der Waals surface area contributed by atoms with E-state index in [1.165, 1.54) is 12.8 Å². The van der Waals surface area contributed by atoms with Crippen molar-refractivity contribution in [3.63, 3.8) is 0 Å². The number of nitrogens with one attached hydrogen (secondary N) is 2. The molecule has 8 aliphatic rings. The summed E-state index contributed by atoms with van der Waals surface area (Å²) in [5, 5.41) is 6.43. The molecule has 8 fully saturated rings. The van der Waals surface area contributed by atoms with Gasteiger partial charge in [-0.15, -0.1) is 6.42 Å². The molecule has 1 heterocycles. The number of alkyl carbamates (subject to hydrolysis) is 2. The first kappa shape index (κ1) is 32.7. The molecular weight excluding hydrogens is 576 g/mol. The normalized spacial score (nSPS) is 37.9. The van der Waals surface area contributed by atoms with Gasteiger partial charge in [-0.25, -0.2) is 14.6 Å². The lowest BCUT2D eigenvalue weighted by Gasteiger charge is -2.60. The molecule has 1 aromatic rings. The van der Waals surface area contributed by atoms with Crippen molar-refractivity contribution in [2.24, 2.45) is 34.5 Å². The highest BCUT2D eigenvalue weighted by molar-refractivity contribution is 5.69. The molecule has 2 N–H and O–H groups in total. The maximum Gasteiger partial charge on any atom is 0.408 e. The molecule has 8 heteroatoms. The van der Waals surface area contributed by atoms with E-state index in [1.807, 2.05) is 41.5 Å². The van der Waals surface area contributed by atoms with E-state index in [0.29, 0.717) is 23.7 Å². The molecule has 1 aromatic heterocycles. The van der Waals surface area contributed by atoms with Crippen LogP contribution in [0.4, 0.5) is 9.59 Å². The minimum absolute atomic E-state index is 0.0172. The Hall–Kier alpha value is -3.26. The average Bonchev–Trinajstić information content (AvgIpc) is 2.88. The van der Waals surface area contributed by atoms with Crippen LogP contribution in [0.2, 0.25) is 0 Å². The zero-order valence-corrected chi connectivity index (χ0v) is 28.6. The lowest BCUT2D eigenvalue weighted by Crippen LogP contribution is -2.63. The van der Waals surface area contributed by atoms with Crippen LogP contribution in [0.1, 0.15) is 124 Å². The Morgan fingerprint density at radius 2 is 1.22 bits per heavy atom. The van der Waals surface area contributed by atoms with E-state index in [4.69, 9.17) is 15.9 Å². The number of carbonyl (C=O) groups excluding carboxylic acids is 2. The molecule has 8 saturated carbocycles. The predicted octanol–water partition coefficient (Wildman–Crippen LogP) is 7.18. The number of nitrogens with zero attached hydrogens (tertiary/aromatic N) is 2. The second-order valence-electron chi connectivity index (χ2n) is 17.8. The number of ether oxygens (including phenoxy) is 2. The predicted molar refractivity (Wildman–Crippen MR) is 176 cm³/mol. The zero-order chi connectivity index (χ0) is 33.0. The van der Waals surface area contributed by atoms with Crippen molar-refractivity contribution in [3.05, 3.63) is 24.3 Å². The Kier molecular flexibility index (Phi) is 8.14. The first-order valence-electron chi connectivity index (χ1n) is 17.3. The van der Waals surface area contributed by atoms with E-state index in [0.717, 1.165) is 69.9 Å². The molecule has 2 amide bonds. The van der Waals surface area contributed by atoms with Crippen LogP contribution in [0.25, 0.3) is 0 Å². The van der Waals surface area contributed by atoms with Gasteiger partial charge in [-0.3, -0.25) is 4.98 Å². The van der Waals surface area contributed by atoms with Gasteiger partial charge in [0.05, 0.1) is 6.20 Å². The lowest BCUT2D eigenvalue weighted by atomic mass is 9.47. The smallest absolute Gasteiger partial charge is 0.408 e. The van der Waals surface area contributed by atoms with Crippen molar-refractivity contribution in [1.29, 1.82) is 0 Å². The minimum atomic E-state index is -0.476. The van der Waals surface area contributed by atoms with E-state index in [1.54, 1.807) is 18.6 Å². The number of hydrogen-bond acceptors (Lipinski definition) is 6. The molecule has 4 unspecified atom stereocenters. The second kappa shape index (κ2) is 11.5. The molecule has 248 valence electrons. The van der Waals surface area contributed by atoms with Crippen molar-refractivity contribution in [2.45, 2.75) is 141 Å². The summed E-state index contributed by atoms with van der Waals surface area (Å²) in [4.78, 5) is 33.0. The number of aromatic nitrogens is 2. The molecule has 0 radical (unpaired) electrons. The van der Waals surface area contributed by atoms with Crippen LogP contribution in [0.5, 0.6) is 0 Å². The molecular formula is C38H52N4O4. The molecule has 8 bridgehead atoms. The Morgan fingerprint density at radius 3 is 1.63 bits per heavy atom. The summed E-state index contributed by atoms with van der Waals surface area (Å²) in [7, 11) is 0. The van der Waals surface area contributed by atoms with E-state index in [9.17, 15) is 9.59 Å². The summed E-state index contributed by atoms with van der Waals surface area (Å²) < 4.78 is 11.0. The molecule has 46 heavy (non-hydrogen) atoms. The summed E-state index contributed by atoms with van der Waals surface area (Å²) in [5.41, 5.74) is -0.471. The minimum Gasteiger partial charge on any atom is -0.444 e. The van der Waals surface area contributed by atoms with Crippen LogP contribution in [-0.4, -0.2) is 44.4 Å². The third-order valence-electron chi connectivity index (χ3n) is 11.0. The highest BCUT2D eigenvalue weighted by Crippen LogP contribution is 2.62. The van der Waals surface area contributed by atoms with Gasteiger partial charge in [-0.05, 0) is 148 Å². The maximum absolute atomic E-state index is 12.4. The van der Waals surface area contributed by atoms with Crippen LogP contribution in [0.15, 0.2) is 18.6 Å². The third-order valence-corrected chi connectivity index (χ3v) is 11.0. The third kappa shape index (κ3) is 7.32. The molecule has 0 saturated heterocycles. The number of carbonyl (C=O) groups is 2. The van der Waals surface area contributed by atoms with Gasteiger partial charge in [-0.1, -0.05) is 11.8 Å². The van der Waals surface area contributed by atoms with Gasteiger partial charge < -0.3 is 20.1 Å². The van der Waals surface area contributed by atoms with Gasteiger partial charge in [0.25, 0.3) is 0 Å². The van der Waals surface area contributed by atoms with Gasteiger partial charge in [0.15, 0.2) is 0 Å². The van der Waals surface area contributed by atoms with E-state index in [2.05, 4.69) is 38.4 Å². The van der Waals surface area contributed by atoms with Crippen LogP contribution >= 0.6 is 0 Å². The summed E-state index contributed by atoms with van der Waals surface area (Å²) in [6.45, 7) is 11.4. The number of amides is 2. The summed E-state index contributed by atoms with van der Waals surface area (Å²) in [6, 6.07) is 0. The largest absolute Gasteiger partial charge is 0.444 e. The second-order valence-corrected chi connectivity index (χ2v) is 17.8. The first-order valence-corrected chi connectivity index (χ1v) is 17.3. The SMILES string of the molecule is C#CC12CC3CC(C1)CC(NC(=O)OC(C)(C)C)(C3)C2.CC(C)(C)OC(=O)NC12CC3CC(CC(C#Cc4cnccn4)(C3)C1)C2. The molecule has 0 aromatic carbocycles. The highest BCUT2D eigenvalue weighted by atomic mass is 16.6.